The molecule has 7 heteroatoms. The summed E-state index contributed by atoms with van der Waals surface area (Å²) < 4.78 is 26.5. The van der Waals surface area contributed by atoms with Crippen LogP contribution in [0.2, 0.25) is 0 Å². The Bertz CT molecular complexity index is 994. The van der Waals surface area contributed by atoms with E-state index in [0.717, 1.165) is 5.56 Å². The molecule has 0 aliphatic heterocycles. The van der Waals surface area contributed by atoms with E-state index in [0.29, 0.717) is 34.4 Å². The van der Waals surface area contributed by atoms with Crippen LogP contribution in [0.4, 0.5) is 0 Å². The standard InChI is InChI=1S/C22H21NO6/c1-25-18-12-20(27-3)19(26-2)11-16(18)9-10-21(24)28-13-17-14-29-22(23-17)15-7-5-4-6-8-15/h4-12,14H,13H2,1-3H3/b10-9+. The third-order valence-electron chi connectivity index (χ3n) is 4.07. The number of aromatic nitrogens is 1. The van der Waals surface area contributed by atoms with Crippen molar-refractivity contribution in [1.29, 1.82) is 0 Å². The summed E-state index contributed by atoms with van der Waals surface area (Å²) in [6.45, 7) is 0.00256. The van der Waals surface area contributed by atoms with E-state index in [4.69, 9.17) is 23.4 Å². The zero-order valence-corrected chi connectivity index (χ0v) is 16.4. The fraction of sp³-hybridized carbons (Fsp3) is 0.182. The van der Waals surface area contributed by atoms with Gasteiger partial charge in [0.2, 0.25) is 5.89 Å². The summed E-state index contributed by atoms with van der Waals surface area (Å²) in [5.74, 6) is 1.55. The smallest absolute Gasteiger partial charge is 0.331 e. The maximum absolute atomic E-state index is 12.1. The fourth-order valence-electron chi connectivity index (χ4n) is 2.62. The highest BCUT2D eigenvalue weighted by Crippen LogP contribution is 2.35. The predicted octanol–water partition coefficient (Wildman–Crippen LogP) is 4.12. The molecule has 0 atom stereocenters. The van der Waals surface area contributed by atoms with Crippen LogP contribution in [0.1, 0.15) is 11.3 Å². The lowest BCUT2D eigenvalue weighted by molar-refractivity contribution is -0.139. The van der Waals surface area contributed by atoms with Crippen molar-refractivity contribution < 1.29 is 28.2 Å². The van der Waals surface area contributed by atoms with E-state index >= 15 is 0 Å². The molecule has 29 heavy (non-hydrogen) atoms. The summed E-state index contributed by atoms with van der Waals surface area (Å²) >= 11 is 0. The van der Waals surface area contributed by atoms with Crippen LogP contribution in [-0.2, 0) is 16.1 Å². The average Bonchev–Trinajstić information content (AvgIpc) is 3.25. The second kappa shape index (κ2) is 9.45. The number of esters is 1. The van der Waals surface area contributed by atoms with Crippen LogP contribution in [0.5, 0.6) is 17.2 Å². The molecule has 0 unspecified atom stereocenters. The van der Waals surface area contributed by atoms with Gasteiger partial charge in [0, 0.05) is 23.3 Å². The van der Waals surface area contributed by atoms with Gasteiger partial charge < -0.3 is 23.4 Å². The molecule has 0 saturated heterocycles. The number of rotatable bonds is 8. The minimum Gasteiger partial charge on any atom is -0.496 e. The highest BCUT2D eigenvalue weighted by atomic mass is 16.5. The molecule has 150 valence electrons. The quantitative estimate of drug-likeness (QED) is 0.419. The Kier molecular flexibility index (Phi) is 6.52. The van der Waals surface area contributed by atoms with Gasteiger partial charge in [-0.05, 0) is 24.3 Å². The first kappa shape index (κ1) is 20.0. The number of methoxy groups -OCH3 is 3. The number of ether oxygens (including phenoxy) is 4. The molecule has 0 aliphatic carbocycles. The molecule has 2 aromatic carbocycles. The third-order valence-corrected chi connectivity index (χ3v) is 4.07. The van der Waals surface area contributed by atoms with Gasteiger partial charge in [0.15, 0.2) is 11.5 Å². The SMILES string of the molecule is COc1cc(OC)c(OC)cc1/C=C/C(=O)OCc1coc(-c2ccccc2)n1. The molecule has 0 spiro atoms. The second-order valence-corrected chi connectivity index (χ2v) is 5.90. The van der Waals surface area contributed by atoms with Crippen LogP contribution in [0.25, 0.3) is 17.5 Å². The van der Waals surface area contributed by atoms with Gasteiger partial charge in [-0.2, -0.15) is 0 Å². The number of hydrogen-bond donors (Lipinski definition) is 0. The van der Waals surface area contributed by atoms with Crippen molar-refractivity contribution in [3.63, 3.8) is 0 Å². The molecule has 0 bridgehead atoms. The van der Waals surface area contributed by atoms with E-state index in [2.05, 4.69) is 4.98 Å². The van der Waals surface area contributed by atoms with Crippen LogP contribution in [0, 0.1) is 0 Å². The molecule has 0 aliphatic rings. The van der Waals surface area contributed by atoms with Gasteiger partial charge in [0.1, 0.15) is 24.3 Å². The maximum Gasteiger partial charge on any atom is 0.331 e. The Morgan fingerprint density at radius 3 is 2.38 bits per heavy atom. The number of carbonyl (C=O) groups excluding carboxylic acids is 1. The van der Waals surface area contributed by atoms with E-state index in [-0.39, 0.29) is 6.61 Å². The number of benzene rings is 2. The van der Waals surface area contributed by atoms with Crippen molar-refractivity contribution >= 4 is 12.0 Å². The van der Waals surface area contributed by atoms with Crippen LogP contribution >= 0.6 is 0 Å². The lowest BCUT2D eigenvalue weighted by atomic mass is 10.1. The molecular weight excluding hydrogens is 374 g/mol. The van der Waals surface area contributed by atoms with Crippen LogP contribution in [-0.4, -0.2) is 32.3 Å². The van der Waals surface area contributed by atoms with Gasteiger partial charge in [-0.1, -0.05) is 18.2 Å². The van der Waals surface area contributed by atoms with Crippen molar-refractivity contribution in [2.45, 2.75) is 6.61 Å². The summed E-state index contributed by atoms with van der Waals surface area (Å²) in [5, 5.41) is 0. The molecule has 0 fully saturated rings. The molecule has 1 heterocycles. The molecule has 3 aromatic rings. The lowest BCUT2D eigenvalue weighted by Gasteiger charge is -2.12. The summed E-state index contributed by atoms with van der Waals surface area (Å²) in [4.78, 5) is 16.4. The number of oxazole rings is 1. The minimum atomic E-state index is -0.522. The first-order chi connectivity index (χ1) is 14.1. The highest BCUT2D eigenvalue weighted by Gasteiger charge is 2.11. The van der Waals surface area contributed by atoms with E-state index in [9.17, 15) is 4.79 Å². The Morgan fingerprint density at radius 2 is 1.69 bits per heavy atom. The fourth-order valence-corrected chi connectivity index (χ4v) is 2.62. The number of carbonyl (C=O) groups is 1. The van der Waals surface area contributed by atoms with Gasteiger partial charge in [-0.3, -0.25) is 0 Å². The zero-order chi connectivity index (χ0) is 20.6. The Balaban J connectivity index is 1.64. The molecule has 7 nitrogen and oxygen atoms in total. The molecule has 0 amide bonds. The second-order valence-electron chi connectivity index (χ2n) is 5.90. The summed E-state index contributed by atoms with van der Waals surface area (Å²) in [6.07, 6.45) is 4.36. The monoisotopic (exact) mass is 395 g/mol. The first-order valence-corrected chi connectivity index (χ1v) is 8.79. The van der Waals surface area contributed by atoms with E-state index in [1.165, 1.54) is 33.7 Å². The molecule has 0 N–H and O–H groups in total. The van der Waals surface area contributed by atoms with Gasteiger partial charge in [0.05, 0.1) is 21.3 Å². The minimum absolute atomic E-state index is 0.00256. The zero-order valence-electron chi connectivity index (χ0n) is 16.4. The Labute approximate surface area is 168 Å². The van der Waals surface area contributed by atoms with Crippen molar-refractivity contribution in [3.8, 4) is 28.7 Å². The van der Waals surface area contributed by atoms with Gasteiger partial charge >= 0.3 is 5.97 Å². The van der Waals surface area contributed by atoms with Crippen molar-refractivity contribution in [3.05, 3.63) is 66.1 Å². The summed E-state index contributed by atoms with van der Waals surface area (Å²) in [7, 11) is 4.61. The van der Waals surface area contributed by atoms with Gasteiger partial charge in [-0.25, -0.2) is 9.78 Å². The highest BCUT2D eigenvalue weighted by molar-refractivity contribution is 5.87. The maximum atomic E-state index is 12.1. The molecule has 3 rings (SSSR count). The van der Waals surface area contributed by atoms with E-state index < -0.39 is 5.97 Å². The van der Waals surface area contributed by atoms with Crippen molar-refractivity contribution in [1.82, 2.24) is 4.98 Å². The van der Waals surface area contributed by atoms with Crippen LogP contribution in [0.3, 0.4) is 0 Å². The largest absolute Gasteiger partial charge is 0.496 e. The van der Waals surface area contributed by atoms with Crippen molar-refractivity contribution in [2.75, 3.05) is 21.3 Å². The topological polar surface area (TPSA) is 80.0 Å². The number of hydrogen-bond acceptors (Lipinski definition) is 7. The summed E-state index contributed by atoms with van der Waals surface area (Å²) in [5.41, 5.74) is 2.02. The Morgan fingerprint density at radius 1 is 1.00 bits per heavy atom. The molecule has 0 saturated carbocycles. The lowest BCUT2D eigenvalue weighted by Crippen LogP contribution is -2.01. The van der Waals surface area contributed by atoms with Crippen LogP contribution < -0.4 is 14.2 Å². The molecule has 1 aromatic heterocycles. The molecular formula is C22H21NO6. The predicted molar refractivity (Wildman–Crippen MR) is 107 cm³/mol. The number of nitrogens with zero attached hydrogens (tertiary/aromatic N) is 1. The average molecular weight is 395 g/mol. The van der Waals surface area contributed by atoms with Gasteiger partial charge in [-0.15, -0.1) is 0 Å². The first-order valence-electron chi connectivity index (χ1n) is 8.79. The normalized spacial score (nSPS) is 10.7. The third kappa shape index (κ3) is 4.95. The van der Waals surface area contributed by atoms with E-state index in [1.807, 2.05) is 30.3 Å². The van der Waals surface area contributed by atoms with Crippen molar-refractivity contribution in [2.24, 2.45) is 0 Å². The van der Waals surface area contributed by atoms with E-state index in [1.54, 1.807) is 18.2 Å². The summed E-state index contributed by atoms with van der Waals surface area (Å²) in [6, 6.07) is 12.9. The van der Waals surface area contributed by atoms with Gasteiger partial charge in [0.25, 0.3) is 0 Å². The Hall–Kier alpha value is -3.74. The molecule has 0 radical (unpaired) electrons. The van der Waals surface area contributed by atoms with Crippen LogP contribution in [0.15, 0.2) is 59.2 Å².